The highest BCUT2D eigenvalue weighted by atomic mass is 19.4. The summed E-state index contributed by atoms with van der Waals surface area (Å²) < 4.78 is 38.2. The van der Waals surface area contributed by atoms with Crippen molar-refractivity contribution in [3.8, 4) is 0 Å². The zero-order chi connectivity index (χ0) is 15.8. The van der Waals surface area contributed by atoms with Crippen molar-refractivity contribution in [2.75, 3.05) is 6.54 Å². The van der Waals surface area contributed by atoms with Gasteiger partial charge in [-0.1, -0.05) is 43.7 Å². The van der Waals surface area contributed by atoms with E-state index >= 15 is 0 Å². The summed E-state index contributed by atoms with van der Waals surface area (Å²) in [6.45, 7) is 4.31. The van der Waals surface area contributed by atoms with Crippen molar-refractivity contribution in [1.29, 1.82) is 0 Å². The van der Waals surface area contributed by atoms with Crippen molar-refractivity contribution in [3.63, 3.8) is 0 Å². The maximum atomic E-state index is 12.7. The van der Waals surface area contributed by atoms with Gasteiger partial charge in [0.05, 0.1) is 6.04 Å². The first kappa shape index (κ1) is 15.8. The fourth-order valence-electron chi connectivity index (χ4n) is 2.50. The van der Waals surface area contributed by atoms with Crippen molar-refractivity contribution in [3.05, 3.63) is 35.4 Å². The van der Waals surface area contributed by atoms with Gasteiger partial charge in [0.1, 0.15) is 12.7 Å². The van der Waals surface area contributed by atoms with E-state index in [-0.39, 0.29) is 5.92 Å². The Morgan fingerprint density at radius 2 is 1.81 bits per heavy atom. The predicted octanol–water partition coefficient (Wildman–Crippen LogP) is 3.01. The van der Waals surface area contributed by atoms with Crippen LogP contribution in [0.15, 0.2) is 24.3 Å². The third kappa shape index (κ3) is 3.56. The topological polar surface area (TPSA) is 32.3 Å². The largest absolute Gasteiger partial charge is 0.406 e. The van der Waals surface area contributed by atoms with E-state index in [1.807, 2.05) is 32.9 Å². The highest BCUT2D eigenvalue weighted by Crippen LogP contribution is 2.31. The number of rotatable bonds is 3. The number of carbonyl (C=O) groups is 1. The van der Waals surface area contributed by atoms with Crippen molar-refractivity contribution < 1.29 is 18.0 Å². The van der Waals surface area contributed by atoms with E-state index < -0.39 is 30.8 Å². The van der Waals surface area contributed by atoms with Gasteiger partial charge in [0.15, 0.2) is 0 Å². The lowest BCUT2D eigenvalue weighted by atomic mass is 10.1. The van der Waals surface area contributed by atoms with Crippen molar-refractivity contribution in [1.82, 2.24) is 10.2 Å². The number of hydrogen-bond donors (Lipinski definition) is 1. The average molecular weight is 300 g/mol. The molecular formula is C15H19F3N2O. The molecular weight excluding hydrogens is 281 g/mol. The zero-order valence-corrected chi connectivity index (χ0v) is 12.2. The van der Waals surface area contributed by atoms with Crippen LogP contribution in [0, 0.1) is 12.8 Å². The summed E-state index contributed by atoms with van der Waals surface area (Å²) in [7, 11) is 0. The van der Waals surface area contributed by atoms with Crippen LogP contribution >= 0.6 is 0 Å². The number of nitrogens with zero attached hydrogens (tertiary/aromatic N) is 1. The van der Waals surface area contributed by atoms with Gasteiger partial charge in [-0.2, -0.15) is 13.2 Å². The highest BCUT2D eigenvalue weighted by molar-refractivity contribution is 5.85. The van der Waals surface area contributed by atoms with E-state index in [9.17, 15) is 18.0 Å². The Hall–Kier alpha value is -1.56. The van der Waals surface area contributed by atoms with E-state index in [4.69, 9.17) is 0 Å². The van der Waals surface area contributed by atoms with E-state index in [2.05, 4.69) is 5.32 Å². The monoisotopic (exact) mass is 300 g/mol. The third-order valence-corrected chi connectivity index (χ3v) is 3.61. The van der Waals surface area contributed by atoms with Crippen LogP contribution in [0.1, 0.15) is 31.1 Å². The van der Waals surface area contributed by atoms with Crippen LogP contribution < -0.4 is 5.32 Å². The van der Waals surface area contributed by atoms with Crippen LogP contribution in [0.5, 0.6) is 0 Å². The number of alkyl halides is 3. The SMILES string of the molecule is Cc1ccc(C2NC(C(C)C)C(=O)N2CC(F)(F)F)cc1. The second kappa shape index (κ2) is 5.67. The van der Waals surface area contributed by atoms with Crippen LogP contribution in [0.4, 0.5) is 13.2 Å². The normalized spacial score (nSPS) is 23.2. The molecule has 1 aromatic rings. The fraction of sp³-hybridized carbons (Fsp3) is 0.533. The molecule has 1 heterocycles. The Kier molecular flexibility index (Phi) is 4.27. The molecule has 116 valence electrons. The molecule has 2 atom stereocenters. The highest BCUT2D eigenvalue weighted by Gasteiger charge is 2.45. The first-order valence-electron chi connectivity index (χ1n) is 6.89. The molecule has 3 nitrogen and oxygen atoms in total. The first-order chi connectivity index (χ1) is 9.69. The number of aryl methyl sites for hydroxylation is 1. The molecule has 1 N–H and O–H groups in total. The number of carbonyl (C=O) groups excluding carboxylic acids is 1. The van der Waals surface area contributed by atoms with Gasteiger partial charge in [0.2, 0.25) is 5.91 Å². The Balaban J connectivity index is 2.31. The Morgan fingerprint density at radius 3 is 2.29 bits per heavy atom. The molecule has 0 bridgehead atoms. The molecule has 1 aliphatic rings. The molecule has 0 spiro atoms. The molecule has 0 saturated carbocycles. The molecule has 21 heavy (non-hydrogen) atoms. The minimum Gasteiger partial charge on any atom is -0.312 e. The van der Waals surface area contributed by atoms with Gasteiger partial charge < -0.3 is 4.90 Å². The average Bonchev–Trinajstić information content (AvgIpc) is 2.67. The minimum absolute atomic E-state index is 0.0660. The molecule has 0 aromatic heterocycles. The lowest BCUT2D eigenvalue weighted by Gasteiger charge is -2.25. The quantitative estimate of drug-likeness (QED) is 0.930. The second-order valence-electron chi connectivity index (χ2n) is 5.78. The number of hydrogen-bond acceptors (Lipinski definition) is 2. The summed E-state index contributed by atoms with van der Waals surface area (Å²) in [6.07, 6.45) is -5.14. The summed E-state index contributed by atoms with van der Waals surface area (Å²) >= 11 is 0. The maximum Gasteiger partial charge on any atom is 0.406 e. The number of benzene rings is 1. The van der Waals surface area contributed by atoms with Gasteiger partial charge in [0, 0.05) is 0 Å². The smallest absolute Gasteiger partial charge is 0.312 e. The molecule has 2 unspecified atom stereocenters. The summed E-state index contributed by atoms with van der Waals surface area (Å²) in [5.74, 6) is -0.559. The lowest BCUT2D eigenvalue weighted by molar-refractivity contribution is -0.162. The number of amides is 1. The standard InChI is InChI=1S/C15H19F3N2O/c1-9(2)12-14(21)20(8-15(16,17)18)13(19-12)11-6-4-10(3)5-7-11/h4-7,9,12-13,19H,8H2,1-3H3. The molecule has 1 saturated heterocycles. The summed E-state index contributed by atoms with van der Waals surface area (Å²) in [6, 6.07) is 6.59. The zero-order valence-electron chi connectivity index (χ0n) is 12.2. The molecule has 2 rings (SSSR count). The van der Waals surface area contributed by atoms with E-state index in [1.165, 1.54) is 0 Å². The first-order valence-corrected chi connectivity index (χ1v) is 6.89. The predicted molar refractivity (Wildman–Crippen MR) is 73.4 cm³/mol. The minimum atomic E-state index is -4.41. The summed E-state index contributed by atoms with van der Waals surface area (Å²) in [5, 5.41) is 3.02. The van der Waals surface area contributed by atoms with E-state index in [0.29, 0.717) is 5.56 Å². The third-order valence-electron chi connectivity index (χ3n) is 3.61. The Morgan fingerprint density at radius 1 is 1.24 bits per heavy atom. The molecule has 0 radical (unpaired) electrons. The molecule has 6 heteroatoms. The van der Waals surface area contributed by atoms with Crippen molar-refractivity contribution in [2.45, 2.75) is 39.2 Å². The van der Waals surface area contributed by atoms with Crippen LogP contribution in [0.3, 0.4) is 0 Å². The second-order valence-corrected chi connectivity index (χ2v) is 5.78. The van der Waals surface area contributed by atoms with Crippen LogP contribution in [0.2, 0.25) is 0 Å². The van der Waals surface area contributed by atoms with Gasteiger partial charge in [-0.05, 0) is 18.4 Å². The van der Waals surface area contributed by atoms with E-state index in [1.54, 1.807) is 12.1 Å². The van der Waals surface area contributed by atoms with Gasteiger partial charge in [-0.3, -0.25) is 10.1 Å². The van der Waals surface area contributed by atoms with Gasteiger partial charge >= 0.3 is 6.18 Å². The number of nitrogens with one attached hydrogen (secondary N) is 1. The van der Waals surface area contributed by atoms with Crippen molar-refractivity contribution >= 4 is 5.91 Å². The summed E-state index contributed by atoms with van der Waals surface area (Å²) in [4.78, 5) is 13.1. The fourth-order valence-corrected chi connectivity index (χ4v) is 2.50. The summed E-state index contributed by atoms with van der Waals surface area (Å²) in [5.41, 5.74) is 1.69. The van der Waals surface area contributed by atoms with Crippen LogP contribution in [0.25, 0.3) is 0 Å². The van der Waals surface area contributed by atoms with Gasteiger partial charge in [-0.25, -0.2) is 0 Å². The number of halogens is 3. The Labute approximate surface area is 122 Å². The van der Waals surface area contributed by atoms with Gasteiger partial charge in [0.25, 0.3) is 0 Å². The lowest BCUT2D eigenvalue weighted by Crippen LogP contribution is -2.39. The Bertz CT molecular complexity index is 511. The van der Waals surface area contributed by atoms with Crippen LogP contribution in [-0.4, -0.2) is 29.6 Å². The van der Waals surface area contributed by atoms with Crippen molar-refractivity contribution in [2.24, 2.45) is 5.92 Å². The van der Waals surface area contributed by atoms with Crippen LogP contribution in [-0.2, 0) is 4.79 Å². The molecule has 1 amide bonds. The van der Waals surface area contributed by atoms with Gasteiger partial charge in [-0.15, -0.1) is 0 Å². The maximum absolute atomic E-state index is 12.7. The molecule has 1 aromatic carbocycles. The molecule has 1 fully saturated rings. The molecule has 1 aliphatic heterocycles. The van der Waals surface area contributed by atoms with E-state index in [0.717, 1.165) is 10.5 Å². The molecule has 0 aliphatic carbocycles.